The molecular formula is C27H40O4. The van der Waals surface area contributed by atoms with Gasteiger partial charge in [-0.25, -0.2) is 0 Å². The van der Waals surface area contributed by atoms with Gasteiger partial charge in [-0.05, 0) is 56.8 Å². The summed E-state index contributed by atoms with van der Waals surface area (Å²) in [5.41, 5.74) is 5.97. The lowest BCUT2D eigenvalue weighted by Crippen LogP contribution is -2.45. The minimum atomic E-state index is -1.04. The summed E-state index contributed by atoms with van der Waals surface area (Å²) in [4.78, 5) is 0. The van der Waals surface area contributed by atoms with Crippen LogP contribution in [-0.4, -0.2) is 42.4 Å². The van der Waals surface area contributed by atoms with Crippen molar-refractivity contribution in [2.75, 3.05) is 14.2 Å². The smallest absolute Gasteiger partial charge is 0.179 e. The van der Waals surface area contributed by atoms with E-state index in [9.17, 15) is 10.2 Å². The molecule has 1 aliphatic carbocycles. The van der Waals surface area contributed by atoms with Gasteiger partial charge in [-0.1, -0.05) is 62.0 Å². The van der Waals surface area contributed by atoms with Crippen molar-refractivity contribution in [3.05, 3.63) is 76.6 Å². The normalized spacial score (nSPS) is 25.6. The van der Waals surface area contributed by atoms with Crippen LogP contribution in [0.3, 0.4) is 0 Å². The zero-order valence-corrected chi connectivity index (χ0v) is 20.4. The van der Waals surface area contributed by atoms with Crippen LogP contribution in [-0.2, 0) is 9.47 Å². The Morgan fingerprint density at radius 2 is 1.55 bits per heavy atom. The molecule has 4 heteroatoms. The average molecular weight is 429 g/mol. The van der Waals surface area contributed by atoms with Crippen molar-refractivity contribution in [3.8, 4) is 0 Å². The molecule has 0 aromatic rings. The molecule has 0 amide bonds. The minimum absolute atomic E-state index is 0.293. The maximum absolute atomic E-state index is 10.8. The molecule has 0 bridgehead atoms. The van der Waals surface area contributed by atoms with Crippen LogP contribution in [0.2, 0.25) is 0 Å². The van der Waals surface area contributed by atoms with Crippen molar-refractivity contribution in [2.24, 2.45) is 5.41 Å². The second-order valence-electron chi connectivity index (χ2n) is 9.16. The van der Waals surface area contributed by atoms with E-state index < -0.39 is 11.7 Å². The van der Waals surface area contributed by atoms with E-state index in [0.717, 1.165) is 22.3 Å². The van der Waals surface area contributed by atoms with Gasteiger partial charge in [0.15, 0.2) is 6.29 Å². The fourth-order valence-corrected chi connectivity index (χ4v) is 4.01. The highest BCUT2D eigenvalue weighted by molar-refractivity contribution is 5.32. The first kappa shape index (κ1) is 27.1. The highest BCUT2D eigenvalue weighted by Gasteiger charge is 2.44. The third-order valence-corrected chi connectivity index (χ3v) is 5.39. The quantitative estimate of drug-likeness (QED) is 0.301. The van der Waals surface area contributed by atoms with Gasteiger partial charge in [-0.15, -0.1) is 5.73 Å². The van der Waals surface area contributed by atoms with E-state index in [1.54, 1.807) is 21.1 Å². The Bertz CT molecular complexity index is 788. The fraction of sp³-hybridized carbons (Fsp3) is 0.519. The molecular weight excluding hydrogens is 388 g/mol. The molecule has 0 radical (unpaired) electrons. The molecule has 0 aromatic heterocycles. The third-order valence-electron chi connectivity index (χ3n) is 5.39. The van der Waals surface area contributed by atoms with Crippen LogP contribution >= 0.6 is 0 Å². The fourth-order valence-electron chi connectivity index (χ4n) is 4.01. The van der Waals surface area contributed by atoms with Crippen molar-refractivity contribution in [1.82, 2.24) is 0 Å². The number of rotatable bonds is 8. The summed E-state index contributed by atoms with van der Waals surface area (Å²) >= 11 is 0. The second kappa shape index (κ2) is 12.2. The molecule has 0 saturated heterocycles. The molecule has 1 rings (SSSR count). The largest absolute Gasteiger partial charge is 0.393 e. The number of methoxy groups -OCH3 is 2. The number of aliphatic hydroxyl groups excluding tert-OH is 1. The monoisotopic (exact) mass is 428 g/mol. The van der Waals surface area contributed by atoms with Crippen LogP contribution < -0.4 is 0 Å². The van der Waals surface area contributed by atoms with Crippen LogP contribution in [0.5, 0.6) is 0 Å². The molecule has 4 nitrogen and oxygen atoms in total. The number of hydrogen-bond donors (Lipinski definition) is 2. The summed E-state index contributed by atoms with van der Waals surface area (Å²) < 4.78 is 10.4. The Labute approximate surface area is 188 Å². The Morgan fingerprint density at radius 3 is 2.13 bits per heavy atom. The third kappa shape index (κ3) is 8.98. The molecule has 0 aromatic carbocycles. The Kier molecular flexibility index (Phi) is 10.7. The lowest BCUT2D eigenvalue weighted by molar-refractivity contribution is -0.0746. The van der Waals surface area contributed by atoms with E-state index in [4.69, 9.17) is 9.47 Å². The average Bonchev–Trinajstić information content (AvgIpc) is 2.64. The number of aliphatic hydroxyl groups is 2. The van der Waals surface area contributed by atoms with E-state index in [1.165, 1.54) is 0 Å². The summed E-state index contributed by atoms with van der Waals surface area (Å²) in [6.45, 7) is 11.9. The summed E-state index contributed by atoms with van der Waals surface area (Å²) in [5, 5.41) is 20.8. The van der Waals surface area contributed by atoms with Crippen LogP contribution in [0, 0.1) is 5.41 Å². The first-order valence-electron chi connectivity index (χ1n) is 10.7. The highest BCUT2D eigenvalue weighted by atomic mass is 16.7. The lowest BCUT2D eigenvalue weighted by Gasteiger charge is -2.43. The van der Waals surface area contributed by atoms with Gasteiger partial charge < -0.3 is 19.7 Å². The maximum atomic E-state index is 10.8. The number of ether oxygens (including phenoxy) is 2. The molecule has 0 heterocycles. The minimum Gasteiger partial charge on any atom is -0.393 e. The molecule has 1 saturated carbocycles. The molecule has 2 N–H and O–H groups in total. The zero-order chi connectivity index (χ0) is 23.7. The molecule has 2 atom stereocenters. The molecule has 0 spiro atoms. The summed E-state index contributed by atoms with van der Waals surface area (Å²) in [7, 11) is 3.24. The van der Waals surface area contributed by atoms with Gasteiger partial charge in [0, 0.05) is 26.2 Å². The van der Waals surface area contributed by atoms with E-state index in [-0.39, 0.29) is 11.7 Å². The van der Waals surface area contributed by atoms with Gasteiger partial charge in [0.1, 0.15) is 0 Å². The molecule has 1 fully saturated rings. The second-order valence-corrected chi connectivity index (χ2v) is 9.16. The van der Waals surface area contributed by atoms with Crippen molar-refractivity contribution in [3.63, 3.8) is 0 Å². The molecule has 1 aliphatic rings. The molecule has 172 valence electrons. The lowest BCUT2D eigenvalue weighted by atomic mass is 9.65. The SMILES string of the molecule is COC(OC)/C(C)=C/C=C/C=C(C)/C=C/C=C(\C)C=C=C1C(C)(C)C[C@H](O)C[C@@]1(C)O. The number of hydrogen-bond acceptors (Lipinski definition) is 4. The van der Waals surface area contributed by atoms with Crippen LogP contribution in [0.15, 0.2) is 76.6 Å². The van der Waals surface area contributed by atoms with Gasteiger partial charge in [0.05, 0.1) is 11.7 Å². The van der Waals surface area contributed by atoms with E-state index in [1.807, 2.05) is 83.2 Å². The highest BCUT2D eigenvalue weighted by Crippen LogP contribution is 2.45. The summed E-state index contributed by atoms with van der Waals surface area (Å²) in [6.07, 6.45) is 16.1. The van der Waals surface area contributed by atoms with Crippen LogP contribution in [0.1, 0.15) is 54.4 Å². The summed E-state index contributed by atoms with van der Waals surface area (Å²) in [5.74, 6) is 0. The first-order chi connectivity index (χ1) is 14.4. The molecule has 31 heavy (non-hydrogen) atoms. The van der Waals surface area contributed by atoms with Gasteiger partial charge in [-0.3, -0.25) is 0 Å². The Balaban J connectivity index is 2.84. The van der Waals surface area contributed by atoms with Gasteiger partial charge >= 0.3 is 0 Å². The Morgan fingerprint density at radius 1 is 0.968 bits per heavy atom. The van der Waals surface area contributed by atoms with E-state index in [0.29, 0.717) is 12.8 Å². The first-order valence-corrected chi connectivity index (χ1v) is 10.7. The van der Waals surface area contributed by atoms with Gasteiger partial charge in [-0.2, -0.15) is 0 Å². The van der Waals surface area contributed by atoms with E-state index in [2.05, 4.69) is 5.73 Å². The zero-order valence-electron chi connectivity index (χ0n) is 20.4. The van der Waals surface area contributed by atoms with Crippen molar-refractivity contribution in [2.45, 2.75) is 72.4 Å². The van der Waals surface area contributed by atoms with Crippen molar-refractivity contribution < 1.29 is 19.7 Å². The number of allylic oxidation sites excluding steroid dienone is 9. The topological polar surface area (TPSA) is 58.9 Å². The van der Waals surface area contributed by atoms with Crippen molar-refractivity contribution in [1.29, 1.82) is 0 Å². The standard InChI is InChI=1S/C27H40O4/c1-20(12-9-10-15-22(3)25(30-7)31-8)13-11-14-21(2)16-17-24-26(4,5)18-23(28)19-27(24,6)29/h9-16,23,25,28-29H,18-19H2,1-8H3/b10-9+,13-11+,20-12+,21-14+,22-15+/t17?,23-,27+/m0/s1. The van der Waals surface area contributed by atoms with Crippen LogP contribution in [0.25, 0.3) is 0 Å². The predicted octanol–water partition coefficient (Wildman–Crippen LogP) is 5.57. The maximum Gasteiger partial charge on any atom is 0.179 e. The predicted molar refractivity (Wildman–Crippen MR) is 129 cm³/mol. The summed E-state index contributed by atoms with van der Waals surface area (Å²) in [6, 6.07) is 0. The van der Waals surface area contributed by atoms with Gasteiger partial charge in [0.25, 0.3) is 0 Å². The van der Waals surface area contributed by atoms with E-state index >= 15 is 0 Å². The Hall–Kier alpha value is -1.94. The molecule has 0 unspecified atom stereocenters. The van der Waals surface area contributed by atoms with Crippen LogP contribution in [0.4, 0.5) is 0 Å². The van der Waals surface area contributed by atoms with Crippen molar-refractivity contribution >= 4 is 0 Å². The molecule has 0 aliphatic heterocycles. The van der Waals surface area contributed by atoms with Gasteiger partial charge in [0.2, 0.25) is 0 Å².